The lowest BCUT2D eigenvalue weighted by molar-refractivity contribution is -0.274. The average Bonchev–Trinajstić information content (AvgIpc) is 2.52. The van der Waals surface area contributed by atoms with Crippen molar-refractivity contribution in [2.45, 2.75) is 32.7 Å². The zero-order valence-corrected chi connectivity index (χ0v) is 13.9. The van der Waals surface area contributed by atoms with Crippen molar-refractivity contribution in [3.05, 3.63) is 59.7 Å². The number of amides is 2. The highest BCUT2D eigenvalue weighted by Gasteiger charge is 2.31. The second-order valence-corrected chi connectivity index (χ2v) is 5.78. The predicted octanol–water partition coefficient (Wildman–Crippen LogP) is 5.03. The molecular weight excluding hydrogens is 333 g/mol. The summed E-state index contributed by atoms with van der Waals surface area (Å²) >= 11 is 0. The second kappa shape index (κ2) is 7.92. The van der Waals surface area contributed by atoms with Crippen LogP contribution in [-0.4, -0.2) is 12.4 Å². The van der Waals surface area contributed by atoms with Gasteiger partial charge in [0, 0.05) is 12.2 Å². The molecule has 0 aliphatic heterocycles. The highest BCUT2D eigenvalue weighted by molar-refractivity contribution is 5.89. The third kappa shape index (κ3) is 6.37. The van der Waals surface area contributed by atoms with Crippen molar-refractivity contribution in [1.82, 2.24) is 5.32 Å². The number of hydrogen-bond donors (Lipinski definition) is 2. The van der Waals surface area contributed by atoms with E-state index in [9.17, 15) is 18.0 Å². The van der Waals surface area contributed by atoms with Crippen LogP contribution in [-0.2, 0) is 6.54 Å². The second-order valence-electron chi connectivity index (χ2n) is 5.78. The lowest BCUT2D eigenvalue weighted by atomic mass is 10.0. The van der Waals surface area contributed by atoms with Gasteiger partial charge in [-0.05, 0) is 41.3 Å². The van der Waals surface area contributed by atoms with Crippen LogP contribution in [0, 0.1) is 0 Å². The molecule has 0 heterocycles. The minimum atomic E-state index is -4.74. The van der Waals surface area contributed by atoms with E-state index < -0.39 is 12.4 Å². The molecule has 2 N–H and O–H groups in total. The Kier molecular flexibility index (Phi) is 5.90. The largest absolute Gasteiger partial charge is 0.573 e. The fraction of sp³-hybridized carbons (Fsp3) is 0.278. The number of rotatable bonds is 5. The Balaban J connectivity index is 1.88. The summed E-state index contributed by atoms with van der Waals surface area (Å²) < 4.78 is 40.5. The van der Waals surface area contributed by atoms with Crippen LogP contribution in [0.5, 0.6) is 5.75 Å². The Hall–Kier alpha value is -2.70. The number of nitrogens with one attached hydrogen (secondary N) is 2. The van der Waals surface area contributed by atoms with Gasteiger partial charge in [-0.2, -0.15) is 0 Å². The third-order valence-electron chi connectivity index (χ3n) is 3.42. The van der Waals surface area contributed by atoms with E-state index in [1.165, 1.54) is 18.2 Å². The zero-order chi connectivity index (χ0) is 18.4. The number of carbonyl (C=O) groups is 1. The van der Waals surface area contributed by atoms with Gasteiger partial charge < -0.3 is 15.4 Å². The molecule has 0 fully saturated rings. The molecule has 0 aromatic heterocycles. The molecule has 2 amide bonds. The quantitative estimate of drug-likeness (QED) is 0.793. The molecule has 7 heteroatoms. The maximum absolute atomic E-state index is 12.2. The topological polar surface area (TPSA) is 50.4 Å². The molecular formula is C18H19F3N2O2. The number of alkyl halides is 3. The van der Waals surface area contributed by atoms with E-state index in [-0.39, 0.29) is 12.3 Å². The van der Waals surface area contributed by atoms with E-state index >= 15 is 0 Å². The van der Waals surface area contributed by atoms with Crippen LogP contribution in [0.25, 0.3) is 0 Å². The van der Waals surface area contributed by atoms with Gasteiger partial charge in [-0.25, -0.2) is 4.79 Å². The van der Waals surface area contributed by atoms with Crippen LogP contribution in [0.2, 0.25) is 0 Å². The number of halogens is 3. The maximum Gasteiger partial charge on any atom is 0.573 e. The van der Waals surface area contributed by atoms with Crippen molar-refractivity contribution in [2.24, 2.45) is 0 Å². The molecule has 0 saturated heterocycles. The standard InChI is InChI=1S/C18H19F3N2O2/c1-12(2)14-6-8-15(9-7-14)23-17(24)22-11-13-4-3-5-16(10-13)25-18(19,20)21/h3-10,12H,11H2,1-2H3,(H2,22,23,24). The maximum atomic E-state index is 12.2. The molecule has 2 aromatic carbocycles. The lowest BCUT2D eigenvalue weighted by Crippen LogP contribution is -2.28. The summed E-state index contributed by atoms with van der Waals surface area (Å²) in [6, 6.07) is 12.5. The van der Waals surface area contributed by atoms with Crippen molar-refractivity contribution in [3.63, 3.8) is 0 Å². The number of ether oxygens (including phenoxy) is 1. The molecule has 2 aromatic rings. The molecule has 0 atom stereocenters. The van der Waals surface area contributed by atoms with Crippen molar-refractivity contribution in [1.29, 1.82) is 0 Å². The van der Waals surface area contributed by atoms with Crippen LogP contribution in [0.4, 0.5) is 23.7 Å². The minimum Gasteiger partial charge on any atom is -0.406 e. The van der Waals surface area contributed by atoms with Gasteiger partial charge >= 0.3 is 12.4 Å². The summed E-state index contributed by atoms with van der Waals surface area (Å²) in [5, 5.41) is 5.26. The smallest absolute Gasteiger partial charge is 0.406 e. The van der Waals surface area contributed by atoms with E-state index in [0.29, 0.717) is 17.2 Å². The van der Waals surface area contributed by atoms with E-state index in [4.69, 9.17) is 0 Å². The SMILES string of the molecule is CC(C)c1ccc(NC(=O)NCc2cccc(OC(F)(F)F)c2)cc1. The summed E-state index contributed by atoms with van der Waals surface area (Å²) in [4.78, 5) is 11.9. The summed E-state index contributed by atoms with van der Waals surface area (Å²) in [7, 11) is 0. The normalized spacial score (nSPS) is 11.3. The summed E-state index contributed by atoms with van der Waals surface area (Å²) in [5.74, 6) is 0.0746. The summed E-state index contributed by atoms with van der Waals surface area (Å²) in [5.41, 5.74) is 2.29. The molecule has 0 radical (unpaired) electrons. The van der Waals surface area contributed by atoms with E-state index in [1.807, 2.05) is 12.1 Å². The highest BCUT2D eigenvalue weighted by Crippen LogP contribution is 2.23. The summed E-state index contributed by atoms with van der Waals surface area (Å²) in [6.07, 6.45) is -4.74. The molecule has 0 saturated carbocycles. The average molecular weight is 352 g/mol. The number of urea groups is 1. The molecule has 2 rings (SSSR count). The number of hydrogen-bond acceptors (Lipinski definition) is 2. The van der Waals surface area contributed by atoms with Gasteiger partial charge in [-0.15, -0.1) is 13.2 Å². The van der Waals surface area contributed by atoms with Crippen molar-refractivity contribution in [3.8, 4) is 5.75 Å². The first-order valence-electron chi connectivity index (χ1n) is 7.72. The number of carbonyl (C=O) groups excluding carboxylic acids is 1. The third-order valence-corrected chi connectivity index (χ3v) is 3.42. The minimum absolute atomic E-state index is 0.0744. The Labute approximate surface area is 144 Å². The first-order valence-corrected chi connectivity index (χ1v) is 7.72. The van der Waals surface area contributed by atoms with Crippen LogP contribution in [0.1, 0.15) is 30.9 Å². The first-order chi connectivity index (χ1) is 11.7. The Morgan fingerprint density at radius 2 is 1.80 bits per heavy atom. The molecule has 134 valence electrons. The number of benzene rings is 2. The molecule has 0 unspecified atom stereocenters. The molecule has 25 heavy (non-hydrogen) atoms. The first kappa shape index (κ1) is 18.6. The van der Waals surface area contributed by atoms with Crippen LogP contribution >= 0.6 is 0 Å². The lowest BCUT2D eigenvalue weighted by Gasteiger charge is -2.11. The Morgan fingerprint density at radius 1 is 1.12 bits per heavy atom. The van der Waals surface area contributed by atoms with Gasteiger partial charge in [0.1, 0.15) is 5.75 Å². The fourth-order valence-corrected chi connectivity index (χ4v) is 2.16. The van der Waals surface area contributed by atoms with E-state index in [1.54, 1.807) is 18.2 Å². The van der Waals surface area contributed by atoms with Gasteiger partial charge in [0.25, 0.3) is 0 Å². The Morgan fingerprint density at radius 3 is 2.40 bits per heavy atom. The zero-order valence-electron chi connectivity index (χ0n) is 13.9. The van der Waals surface area contributed by atoms with Crippen molar-refractivity contribution >= 4 is 11.7 Å². The highest BCUT2D eigenvalue weighted by atomic mass is 19.4. The van der Waals surface area contributed by atoms with Gasteiger partial charge in [0.15, 0.2) is 0 Å². The monoisotopic (exact) mass is 352 g/mol. The van der Waals surface area contributed by atoms with Gasteiger partial charge in [-0.1, -0.05) is 38.1 Å². The number of anilines is 1. The van der Waals surface area contributed by atoms with Crippen LogP contribution in [0.3, 0.4) is 0 Å². The van der Waals surface area contributed by atoms with E-state index in [0.717, 1.165) is 5.56 Å². The van der Waals surface area contributed by atoms with Gasteiger partial charge in [0.05, 0.1) is 0 Å². The van der Waals surface area contributed by atoms with Gasteiger partial charge in [-0.3, -0.25) is 0 Å². The molecule has 4 nitrogen and oxygen atoms in total. The molecule has 0 aliphatic carbocycles. The summed E-state index contributed by atoms with van der Waals surface area (Å²) in [6.45, 7) is 4.22. The fourth-order valence-electron chi connectivity index (χ4n) is 2.16. The molecule has 0 aliphatic rings. The van der Waals surface area contributed by atoms with Crippen molar-refractivity contribution < 1.29 is 22.7 Å². The van der Waals surface area contributed by atoms with Crippen LogP contribution < -0.4 is 15.4 Å². The van der Waals surface area contributed by atoms with Crippen LogP contribution in [0.15, 0.2) is 48.5 Å². The predicted molar refractivity (Wildman–Crippen MR) is 89.5 cm³/mol. The molecule has 0 bridgehead atoms. The van der Waals surface area contributed by atoms with Gasteiger partial charge in [0.2, 0.25) is 0 Å². The Bertz CT molecular complexity index is 713. The van der Waals surface area contributed by atoms with Crippen molar-refractivity contribution in [2.75, 3.05) is 5.32 Å². The molecule has 0 spiro atoms. The van der Waals surface area contributed by atoms with E-state index in [2.05, 4.69) is 29.2 Å².